The van der Waals surface area contributed by atoms with Crippen molar-refractivity contribution >= 4 is 21.9 Å². The zero-order valence-electron chi connectivity index (χ0n) is 8.92. The normalized spacial score (nSPS) is 11.2. The SMILES string of the molecule is COc1nc(CBr)cc(OC(F)(F)F)c1C(=O)O. The average molecular weight is 330 g/mol. The van der Waals surface area contributed by atoms with Crippen LogP contribution in [0.1, 0.15) is 16.1 Å². The average Bonchev–Trinajstić information content (AvgIpc) is 2.25. The second-order valence-electron chi connectivity index (χ2n) is 2.98. The molecule has 1 aromatic heterocycles. The summed E-state index contributed by atoms with van der Waals surface area (Å²) in [6.07, 6.45) is -5.00. The van der Waals surface area contributed by atoms with Crippen LogP contribution in [0.5, 0.6) is 11.6 Å². The number of carboxylic acids is 1. The molecule has 0 amide bonds. The van der Waals surface area contributed by atoms with E-state index in [2.05, 4.69) is 30.4 Å². The lowest BCUT2D eigenvalue weighted by atomic mass is 10.2. The first kappa shape index (κ1) is 14.6. The number of hydrogen-bond acceptors (Lipinski definition) is 4. The monoisotopic (exact) mass is 329 g/mol. The van der Waals surface area contributed by atoms with Crippen molar-refractivity contribution < 1.29 is 32.5 Å². The molecule has 9 heteroatoms. The van der Waals surface area contributed by atoms with E-state index in [0.717, 1.165) is 13.2 Å². The molecule has 18 heavy (non-hydrogen) atoms. The van der Waals surface area contributed by atoms with Crippen LogP contribution in [0.2, 0.25) is 0 Å². The van der Waals surface area contributed by atoms with Crippen LogP contribution in [0, 0.1) is 0 Å². The lowest BCUT2D eigenvalue weighted by molar-refractivity contribution is -0.274. The summed E-state index contributed by atoms with van der Waals surface area (Å²) in [6, 6.07) is 0.883. The Morgan fingerprint density at radius 3 is 2.56 bits per heavy atom. The van der Waals surface area contributed by atoms with Gasteiger partial charge >= 0.3 is 12.3 Å². The molecular weight excluding hydrogens is 323 g/mol. The third-order valence-electron chi connectivity index (χ3n) is 1.77. The summed E-state index contributed by atoms with van der Waals surface area (Å²) in [5.41, 5.74) is -0.629. The minimum Gasteiger partial charge on any atom is -0.480 e. The highest BCUT2D eigenvalue weighted by Crippen LogP contribution is 2.32. The van der Waals surface area contributed by atoms with Gasteiger partial charge in [-0.1, -0.05) is 15.9 Å². The highest BCUT2D eigenvalue weighted by atomic mass is 79.9. The summed E-state index contributed by atoms with van der Waals surface area (Å²) in [7, 11) is 1.10. The Hall–Kier alpha value is -1.51. The third kappa shape index (κ3) is 3.49. The fraction of sp³-hybridized carbons (Fsp3) is 0.333. The number of hydrogen-bond donors (Lipinski definition) is 1. The van der Waals surface area contributed by atoms with Crippen molar-refractivity contribution in [2.45, 2.75) is 11.7 Å². The Labute approximate surface area is 108 Å². The molecule has 0 unspecified atom stereocenters. The van der Waals surface area contributed by atoms with Crippen molar-refractivity contribution in [1.82, 2.24) is 4.98 Å². The first-order valence-corrected chi connectivity index (χ1v) is 5.53. The number of aromatic carboxylic acids is 1. The van der Waals surface area contributed by atoms with E-state index in [0.29, 0.717) is 0 Å². The topological polar surface area (TPSA) is 68.7 Å². The van der Waals surface area contributed by atoms with Crippen LogP contribution >= 0.6 is 15.9 Å². The summed E-state index contributed by atoms with van der Waals surface area (Å²) >= 11 is 2.99. The number of pyridine rings is 1. The Kier molecular flexibility index (Phi) is 4.38. The highest BCUT2D eigenvalue weighted by molar-refractivity contribution is 9.08. The third-order valence-corrected chi connectivity index (χ3v) is 2.35. The molecule has 0 saturated heterocycles. The van der Waals surface area contributed by atoms with Crippen LogP contribution in [-0.4, -0.2) is 29.5 Å². The largest absolute Gasteiger partial charge is 0.573 e. The number of carboxylic acid groups (broad SMARTS) is 1. The van der Waals surface area contributed by atoms with Crippen LogP contribution in [-0.2, 0) is 5.33 Å². The van der Waals surface area contributed by atoms with Gasteiger partial charge in [-0.25, -0.2) is 9.78 Å². The zero-order chi connectivity index (χ0) is 13.9. The van der Waals surface area contributed by atoms with Gasteiger partial charge in [0.05, 0.1) is 12.8 Å². The number of ether oxygens (including phenoxy) is 2. The first-order valence-electron chi connectivity index (χ1n) is 4.41. The van der Waals surface area contributed by atoms with E-state index in [1.54, 1.807) is 0 Å². The quantitative estimate of drug-likeness (QED) is 0.860. The van der Waals surface area contributed by atoms with E-state index in [4.69, 9.17) is 5.11 Å². The van der Waals surface area contributed by atoms with Gasteiger partial charge in [-0.2, -0.15) is 0 Å². The molecule has 100 valence electrons. The molecule has 1 aromatic rings. The van der Waals surface area contributed by atoms with Gasteiger partial charge in [-0.15, -0.1) is 13.2 Å². The summed E-state index contributed by atoms with van der Waals surface area (Å²) in [6.45, 7) is 0. The van der Waals surface area contributed by atoms with E-state index in [1.807, 2.05) is 0 Å². The molecule has 0 aliphatic rings. The van der Waals surface area contributed by atoms with Crippen molar-refractivity contribution in [3.05, 3.63) is 17.3 Å². The van der Waals surface area contributed by atoms with Crippen LogP contribution in [0.15, 0.2) is 6.07 Å². The van der Waals surface area contributed by atoms with Gasteiger partial charge in [-0.05, 0) is 0 Å². The number of rotatable bonds is 4. The Morgan fingerprint density at radius 1 is 1.56 bits per heavy atom. The van der Waals surface area contributed by atoms with Gasteiger partial charge in [0, 0.05) is 11.4 Å². The van der Waals surface area contributed by atoms with Gasteiger partial charge in [0.25, 0.3) is 0 Å². The number of halogens is 4. The van der Waals surface area contributed by atoms with Crippen LogP contribution in [0.4, 0.5) is 13.2 Å². The van der Waals surface area contributed by atoms with Gasteiger partial charge in [-0.3, -0.25) is 0 Å². The van der Waals surface area contributed by atoms with Gasteiger partial charge in [0.1, 0.15) is 0 Å². The standard InChI is InChI=1S/C9H7BrF3NO4/c1-17-7-6(8(15)16)5(18-9(11,12)13)2-4(3-10)14-7/h2H,3H2,1H3,(H,15,16). The highest BCUT2D eigenvalue weighted by Gasteiger charge is 2.34. The zero-order valence-corrected chi connectivity index (χ0v) is 10.5. The molecule has 0 atom stereocenters. The molecule has 0 fully saturated rings. The van der Waals surface area contributed by atoms with Crippen LogP contribution < -0.4 is 9.47 Å². The predicted molar refractivity (Wildman–Crippen MR) is 57.1 cm³/mol. The second-order valence-corrected chi connectivity index (χ2v) is 3.54. The number of aromatic nitrogens is 1. The second kappa shape index (κ2) is 5.42. The smallest absolute Gasteiger partial charge is 0.480 e. The van der Waals surface area contributed by atoms with Crippen molar-refractivity contribution in [2.24, 2.45) is 0 Å². The van der Waals surface area contributed by atoms with Crippen molar-refractivity contribution in [3.8, 4) is 11.6 Å². The molecule has 0 aromatic carbocycles. The number of nitrogens with zero attached hydrogens (tertiary/aromatic N) is 1. The summed E-state index contributed by atoms with van der Waals surface area (Å²) < 4.78 is 44.8. The number of methoxy groups -OCH3 is 1. The van der Waals surface area contributed by atoms with Crippen molar-refractivity contribution in [1.29, 1.82) is 0 Å². The maximum Gasteiger partial charge on any atom is 0.573 e. The molecule has 0 aliphatic heterocycles. The Balaban J connectivity index is 3.39. The first-order chi connectivity index (χ1) is 8.28. The Morgan fingerprint density at radius 2 is 2.17 bits per heavy atom. The lowest BCUT2D eigenvalue weighted by Gasteiger charge is -2.14. The fourth-order valence-electron chi connectivity index (χ4n) is 1.17. The molecule has 5 nitrogen and oxygen atoms in total. The molecule has 0 bridgehead atoms. The Bertz CT molecular complexity index is 464. The van der Waals surface area contributed by atoms with E-state index >= 15 is 0 Å². The molecule has 1 heterocycles. The van der Waals surface area contributed by atoms with Crippen molar-refractivity contribution in [2.75, 3.05) is 7.11 Å². The number of alkyl halides is 4. The van der Waals surface area contributed by atoms with E-state index in [9.17, 15) is 18.0 Å². The van der Waals surface area contributed by atoms with E-state index < -0.39 is 29.5 Å². The molecule has 0 saturated carbocycles. The molecular formula is C9H7BrF3NO4. The predicted octanol–water partition coefficient (Wildman–Crippen LogP) is 2.58. The summed E-state index contributed by atoms with van der Waals surface area (Å²) in [4.78, 5) is 14.6. The van der Waals surface area contributed by atoms with Gasteiger partial charge in [0.2, 0.25) is 5.88 Å². The molecule has 0 aliphatic carbocycles. The summed E-state index contributed by atoms with van der Waals surface area (Å²) in [5, 5.41) is 8.98. The summed E-state index contributed by atoms with van der Waals surface area (Å²) in [5.74, 6) is -2.94. The molecule has 1 N–H and O–H groups in total. The molecule has 1 rings (SSSR count). The molecule has 0 spiro atoms. The van der Waals surface area contributed by atoms with Crippen molar-refractivity contribution in [3.63, 3.8) is 0 Å². The minimum atomic E-state index is -5.00. The van der Waals surface area contributed by atoms with E-state index in [1.165, 1.54) is 0 Å². The van der Waals surface area contributed by atoms with Crippen LogP contribution in [0.25, 0.3) is 0 Å². The van der Waals surface area contributed by atoms with E-state index in [-0.39, 0.29) is 11.0 Å². The maximum absolute atomic E-state index is 12.2. The number of carbonyl (C=O) groups is 1. The fourth-order valence-corrected chi connectivity index (χ4v) is 1.45. The molecule has 0 radical (unpaired) electrons. The maximum atomic E-state index is 12.2. The van der Waals surface area contributed by atoms with Crippen LogP contribution in [0.3, 0.4) is 0 Å². The van der Waals surface area contributed by atoms with Gasteiger partial charge < -0.3 is 14.6 Å². The lowest BCUT2D eigenvalue weighted by Crippen LogP contribution is -2.20. The van der Waals surface area contributed by atoms with Gasteiger partial charge in [0.15, 0.2) is 11.3 Å². The minimum absolute atomic E-state index is 0.122.